The first-order valence-electron chi connectivity index (χ1n) is 5.88. The zero-order valence-corrected chi connectivity index (χ0v) is 10.7. The minimum absolute atomic E-state index is 0.146. The molecule has 1 unspecified atom stereocenters. The van der Waals surface area contributed by atoms with Crippen molar-refractivity contribution in [1.29, 1.82) is 0 Å². The first-order chi connectivity index (χ1) is 9.93. The molecule has 2 rings (SSSR count). The molecule has 4 atom stereocenters. The lowest BCUT2D eigenvalue weighted by Gasteiger charge is -2.25. The van der Waals surface area contributed by atoms with Gasteiger partial charge in [-0.25, -0.2) is 9.18 Å². The minimum atomic E-state index is -2.33. The van der Waals surface area contributed by atoms with Crippen LogP contribution in [0.25, 0.3) is 0 Å². The van der Waals surface area contributed by atoms with E-state index in [4.69, 9.17) is 15.6 Å². The molecule has 0 saturated carbocycles. The van der Waals surface area contributed by atoms with Crippen LogP contribution in [0, 0.1) is 11.8 Å². The van der Waals surface area contributed by atoms with Crippen molar-refractivity contribution in [2.75, 3.05) is 19.0 Å². The number of nitrogen functional groups attached to an aromatic ring is 1. The number of ether oxygens (including phenoxy) is 1. The molecule has 1 aromatic rings. The maximum atomic E-state index is 12.2. The van der Waals surface area contributed by atoms with Gasteiger partial charge in [-0.3, -0.25) is 0 Å². The highest BCUT2D eigenvalue weighted by molar-refractivity contribution is 5.24. The fourth-order valence-corrected chi connectivity index (χ4v) is 1.99. The van der Waals surface area contributed by atoms with E-state index in [1.807, 2.05) is 5.92 Å². The smallest absolute Gasteiger partial charge is 0.368 e. The molecule has 1 fully saturated rings. The highest BCUT2D eigenvalue weighted by atomic mass is 19.1. The van der Waals surface area contributed by atoms with Crippen LogP contribution < -0.4 is 11.4 Å². The Morgan fingerprint density at radius 3 is 2.90 bits per heavy atom. The zero-order chi connectivity index (χ0) is 15.6. The molecule has 1 aliphatic heterocycles. The Morgan fingerprint density at radius 2 is 2.33 bits per heavy atom. The summed E-state index contributed by atoms with van der Waals surface area (Å²) >= 11 is 0. The molecule has 9 nitrogen and oxygen atoms in total. The third kappa shape index (κ3) is 2.59. The van der Waals surface area contributed by atoms with Crippen molar-refractivity contribution in [1.82, 2.24) is 14.8 Å². The number of nitrogens with two attached hydrogens (primary N) is 1. The Labute approximate surface area is 117 Å². The lowest BCUT2D eigenvalue weighted by atomic mass is 9.95. The third-order valence-electron chi connectivity index (χ3n) is 2.98. The van der Waals surface area contributed by atoms with Crippen molar-refractivity contribution in [2.45, 2.75) is 24.0 Å². The summed E-state index contributed by atoms with van der Waals surface area (Å²) in [5, 5.41) is 33.1. The van der Waals surface area contributed by atoms with E-state index in [0.29, 0.717) is 4.68 Å². The van der Waals surface area contributed by atoms with Crippen LogP contribution in [0.5, 0.6) is 0 Å². The molecular formula is C11H13FN4O5. The van der Waals surface area contributed by atoms with E-state index in [-0.39, 0.29) is 5.82 Å². The maximum absolute atomic E-state index is 12.2. The highest BCUT2D eigenvalue weighted by Gasteiger charge is 2.56. The molecule has 1 aromatic heterocycles. The van der Waals surface area contributed by atoms with Crippen molar-refractivity contribution in [3.63, 3.8) is 0 Å². The minimum Gasteiger partial charge on any atom is -0.394 e. The van der Waals surface area contributed by atoms with Crippen molar-refractivity contribution in [2.24, 2.45) is 0 Å². The van der Waals surface area contributed by atoms with Gasteiger partial charge in [0.25, 0.3) is 0 Å². The lowest BCUT2D eigenvalue weighted by molar-refractivity contribution is -0.0837. The van der Waals surface area contributed by atoms with Gasteiger partial charge in [0.2, 0.25) is 5.60 Å². The molecule has 0 spiro atoms. The number of hydrogen-bond acceptors (Lipinski definition) is 8. The number of halogens is 1. The van der Waals surface area contributed by atoms with Gasteiger partial charge in [-0.15, -0.1) is 0 Å². The molecule has 1 saturated heterocycles. The molecule has 21 heavy (non-hydrogen) atoms. The van der Waals surface area contributed by atoms with Crippen LogP contribution in [0.1, 0.15) is 6.23 Å². The van der Waals surface area contributed by atoms with Crippen molar-refractivity contribution >= 4 is 5.82 Å². The number of aliphatic hydroxyl groups excluding tert-OH is 2. The van der Waals surface area contributed by atoms with Crippen LogP contribution in [0.15, 0.2) is 11.0 Å². The zero-order valence-electron chi connectivity index (χ0n) is 10.7. The number of aliphatic hydroxyl groups is 3. The number of nitrogens with zero attached hydrogens (tertiary/aromatic N) is 3. The summed E-state index contributed by atoms with van der Waals surface area (Å²) in [6, 6.07) is 0. The Bertz CT molecular complexity index is 641. The quantitative estimate of drug-likeness (QED) is 0.428. The monoisotopic (exact) mass is 300 g/mol. The van der Waals surface area contributed by atoms with Gasteiger partial charge in [0.15, 0.2) is 6.23 Å². The fraction of sp³-hybridized carbons (Fsp3) is 0.545. The standard InChI is InChI=1S/C11H13FN4O5/c12-3-1-2-11(20)8(18)6(5-17)21-9(11)16-10(19)15-7(13)4-14-16/h4,6,8-9,17-18,20H,3,5H2,(H2,13,15,19)/t6-,8?,9-,11-/m1/s1. The normalized spacial score (nSPS) is 31.7. The summed E-state index contributed by atoms with van der Waals surface area (Å²) in [6.07, 6.45) is -3.42. The van der Waals surface area contributed by atoms with E-state index in [0.717, 1.165) is 6.20 Å². The van der Waals surface area contributed by atoms with Gasteiger partial charge in [0.05, 0.1) is 12.8 Å². The van der Waals surface area contributed by atoms with Crippen LogP contribution in [0.4, 0.5) is 10.2 Å². The molecular weight excluding hydrogens is 287 g/mol. The molecule has 0 aliphatic carbocycles. The molecule has 0 radical (unpaired) electrons. The Hall–Kier alpha value is -2.06. The van der Waals surface area contributed by atoms with Crippen LogP contribution in [0.2, 0.25) is 0 Å². The van der Waals surface area contributed by atoms with Gasteiger partial charge in [-0.1, -0.05) is 11.8 Å². The summed E-state index contributed by atoms with van der Waals surface area (Å²) < 4.78 is 18.0. The number of hydrogen-bond donors (Lipinski definition) is 4. The predicted octanol–water partition coefficient (Wildman–Crippen LogP) is -2.82. The van der Waals surface area contributed by atoms with Gasteiger partial charge < -0.3 is 25.8 Å². The van der Waals surface area contributed by atoms with Gasteiger partial charge in [-0.05, 0) is 0 Å². The topological polar surface area (TPSA) is 144 Å². The first kappa shape index (κ1) is 15.3. The third-order valence-corrected chi connectivity index (χ3v) is 2.98. The molecule has 10 heteroatoms. The molecule has 0 bridgehead atoms. The van der Waals surface area contributed by atoms with Crippen LogP contribution >= 0.6 is 0 Å². The van der Waals surface area contributed by atoms with E-state index in [1.165, 1.54) is 0 Å². The van der Waals surface area contributed by atoms with Crippen molar-refractivity contribution in [3.8, 4) is 11.8 Å². The maximum Gasteiger partial charge on any atom is 0.368 e. The summed E-state index contributed by atoms with van der Waals surface area (Å²) in [4.78, 5) is 15.1. The van der Waals surface area contributed by atoms with E-state index in [9.17, 15) is 19.4 Å². The molecule has 0 amide bonds. The predicted molar refractivity (Wildman–Crippen MR) is 66.4 cm³/mol. The first-order valence-corrected chi connectivity index (χ1v) is 5.88. The molecule has 2 heterocycles. The number of aromatic nitrogens is 3. The summed E-state index contributed by atoms with van der Waals surface area (Å²) in [7, 11) is 0. The highest BCUT2D eigenvalue weighted by Crippen LogP contribution is 2.36. The van der Waals surface area contributed by atoms with Crippen LogP contribution in [0.3, 0.4) is 0 Å². The largest absolute Gasteiger partial charge is 0.394 e. The average molecular weight is 300 g/mol. The fourth-order valence-electron chi connectivity index (χ4n) is 1.99. The number of alkyl halides is 1. The summed E-state index contributed by atoms with van der Waals surface area (Å²) in [6.45, 7) is -1.72. The SMILES string of the molecule is Nc1cnn([C@@H]2O[C@H](CO)C(O)[C@]2(O)C#CCF)c(=O)n1. The molecule has 0 aromatic carbocycles. The van der Waals surface area contributed by atoms with Crippen LogP contribution in [-0.2, 0) is 4.74 Å². The van der Waals surface area contributed by atoms with Gasteiger partial charge in [0.1, 0.15) is 24.7 Å². The number of rotatable bonds is 2. The number of anilines is 1. The lowest BCUT2D eigenvalue weighted by Crippen LogP contribution is -2.48. The second-order valence-electron chi connectivity index (χ2n) is 4.32. The van der Waals surface area contributed by atoms with E-state index >= 15 is 0 Å². The summed E-state index contributed by atoms with van der Waals surface area (Å²) in [5.41, 5.74) is 2.02. The van der Waals surface area contributed by atoms with Crippen molar-refractivity contribution in [3.05, 3.63) is 16.7 Å². The molecule has 5 N–H and O–H groups in total. The van der Waals surface area contributed by atoms with Crippen LogP contribution in [-0.4, -0.2) is 61.2 Å². The second-order valence-corrected chi connectivity index (χ2v) is 4.32. The van der Waals surface area contributed by atoms with Gasteiger partial charge in [-0.2, -0.15) is 14.8 Å². The Morgan fingerprint density at radius 1 is 1.62 bits per heavy atom. The van der Waals surface area contributed by atoms with Crippen molar-refractivity contribution < 1.29 is 24.4 Å². The summed E-state index contributed by atoms with van der Waals surface area (Å²) in [5.74, 6) is 3.91. The van der Waals surface area contributed by atoms with Gasteiger partial charge >= 0.3 is 5.69 Å². The van der Waals surface area contributed by atoms with E-state index < -0.39 is 43.0 Å². The van der Waals surface area contributed by atoms with Gasteiger partial charge in [0, 0.05) is 0 Å². The molecule has 114 valence electrons. The average Bonchev–Trinajstić information content (AvgIpc) is 2.70. The Balaban J connectivity index is 2.51. The molecule has 1 aliphatic rings. The van der Waals surface area contributed by atoms with E-state index in [1.54, 1.807) is 0 Å². The van der Waals surface area contributed by atoms with E-state index in [2.05, 4.69) is 16.0 Å². The second kappa shape index (κ2) is 5.74. The Kier molecular flexibility index (Phi) is 4.19.